The predicted molar refractivity (Wildman–Crippen MR) is 123 cm³/mol. The van der Waals surface area contributed by atoms with E-state index in [4.69, 9.17) is 0 Å². The summed E-state index contributed by atoms with van der Waals surface area (Å²) in [5.41, 5.74) is 3.25. The molecule has 1 aliphatic heterocycles. The lowest BCUT2D eigenvalue weighted by Crippen LogP contribution is -2.50. The van der Waals surface area contributed by atoms with Gasteiger partial charge in [0.2, 0.25) is 0 Å². The van der Waals surface area contributed by atoms with E-state index in [9.17, 15) is 13.4 Å². The van der Waals surface area contributed by atoms with Crippen LogP contribution in [0.2, 0.25) is 0 Å². The fourth-order valence-electron chi connectivity index (χ4n) is 4.27. The molecule has 2 aromatic carbocycles. The number of halogens is 1. The topological polar surface area (TPSA) is 53.5 Å². The molecule has 32 heavy (non-hydrogen) atoms. The van der Waals surface area contributed by atoms with Crippen molar-refractivity contribution < 1.29 is 13.4 Å². The molecule has 1 saturated heterocycles. The van der Waals surface area contributed by atoms with Crippen LogP contribution in [0.25, 0.3) is 0 Å². The lowest BCUT2D eigenvalue weighted by atomic mass is 9.96. The van der Waals surface area contributed by atoms with Crippen LogP contribution in [0.4, 0.5) is 4.39 Å². The first-order valence-electron chi connectivity index (χ1n) is 10.6. The van der Waals surface area contributed by atoms with Gasteiger partial charge in [0, 0.05) is 49.7 Å². The number of carbonyl (C=O) groups is 1. The van der Waals surface area contributed by atoms with Gasteiger partial charge >= 0.3 is 0 Å². The maximum atomic E-state index is 14.1. The normalized spacial score (nSPS) is 16.5. The Morgan fingerprint density at radius 3 is 2.47 bits per heavy atom. The van der Waals surface area contributed by atoms with Gasteiger partial charge in [-0.1, -0.05) is 30.3 Å². The molecule has 2 atom stereocenters. The molecule has 0 saturated carbocycles. The van der Waals surface area contributed by atoms with Crippen LogP contribution in [0.5, 0.6) is 0 Å². The van der Waals surface area contributed by atoms with Gasteiger partial charge in [0.05, 0.1) is 22.4 Å². The standard InChI is InChI=1S/C25H26FN3O2S/c1-18-14-20(17-27-16-18)25(30)29-12-10-28(11-13-29)24(19-6-5-7-21(26)15-19)22-8-3-4-9-23(22)32(2)31/h3-9,14-17,24H,10-13H2,1-2H3. The van der Waals surface area contributed by atoms with Crippen LogP contribution in [0.15, 0.2) is 71.9 Å². The van der Waals surface area contributed by atoms with Gasteiger partial charge in [0.15, 0.2) is 0 Å². The number of piperazine rings is 1. The summed E-state index contributed by atoms with van der Waals surface area (Å²) < 4.78 is 26.6. The highest BCUT2D eigenvalue weighted by molar-refractivity contribution is 7.84. The molecule has 0 aliphatic carbocycles. The van der Waals surface area contributed by atoms with Gasteiger partial charge in [-0.2, -0.15) is 0 Å². The predicted octanol–water partition coefficient (Wildman–Crippen LogP) is 3.81. The van der Waals surface area contributed by atoms with Crippen molar-refractivity contribution in [2.24, 2.45) is 0 Å². The second-order valence-corrected chi connectivity index (χ2v) is 9.38. The highest BCUT2D eigenvalue weighted by Gasteiger charge is 2.30. The van der Waals surface area contributed by atoms with E-state index >= 15 is 0 Å². The van der Waals surface area contributed by atoms with Gasteiger partial charge < -0.3 is 4.90 Å². The molecule has 4 rings (SSSR count). The highest BCUT2D eigenvalue weighted by atomic mass is 32.2. The molecular formula is C25H26FN3O2S. The minimum atomic E-state index is -1.18. The Balaban J connectivity index is 1.61. The van der Waals surface area contributed by atoms with Crippen LogP contribution in [0, 0.1) is 12.7 Å². The van der Waals surface area contributed by atoms with Crippen molar-refractivity contribution in [1.82, 2.24) is 14.8 Å². The molecular weight excluding hydrogens is 425 g/mol. The van der Waals surface area contributed by atoms with Crippen LogP contribution < -0.4 is 0 Å². The summed E-state index contributed by atoms with van der Waals surface area (Å²) in [4.78, 5) is 21.9. The summed E-state index contributed by atoms with van der Waals surface area (Å²) >= 11 is 0. The quantitative estimate of drug-likeness (QED) is 0.592. The number of hydrogen-bond donors (Lipinski definition) is 0. The van der Waals surface area contributed by atoms with E-state index in [0.29, 0.717) is 31.7 Å². The minimum Gasteiger partial charge on any atom is -0.336 e. The van der Waals surface area contributed by atoms with E-state index in [1.807, 2.05) is 48.2 Å². The van der Waals surface area contributed by atoms with Gasteiger partial charge in [-0.25, -0.2) is 4.39 Å². The minimum absolute atomic E-state index is 0.0294. The van der Waals surface area contributed by atoms with Crippen molar-refractivity contribution in [3.05, 3.63) is 95.1 Å². The molecule has 7 heteroatoms. The Morgan fingerprint density at radius 1 is 1.03 bits per heavy atom. The van der Waals surface area contributed by atoms with Crippen molar-refractivity contribution in [2.75, 3.05) is 32.4 Å². The highest BCUT2D eigenvalue weighted by Crippen LogP contribution is 2.33. The van der Waals surface area contributed by atoms with Gasteiger partial charge in [-0.15, -0.1) is 0 Å². The molecule has 0 N–H and O–H groups in total. The molecule has 0 radical (unpaired) electrons. The van der Waals surface area contributed by atoms with E-state index in [1.165, 1.54) is 12.1 Å². The van der Waals surface area contributed by atoms with Crippen LogP contribution in [0.1, 0.15) is 33.1 Å². The molecule has 1 amide bonds. The molecule has 1 aliphatic rings. The number of amides is 1. The molecule has 1 aromatic heterocycles. The smallest absolute Gasteiger partial charge is 0.255 e. The Kier molecular flexibility index (Phi) is 6.77. The van der Waals surface area contributed by atoms with Crippen molar-refractivity contribution in [3.63, 3.8) is 0 Å². The summed E-state index contributed by atoms with van der Waals surface area (Å²) in [5, 5.41) is 0. The number of nitrogens with zero attached hydrogens (tertiary/aromatic N) is 3. The number of pyridine rings is 1. The summed E-state index contributed by atoms with van der Waals surface area (Å²) in [6.07, 6.45) is 4.99. The SMILES string of the molecule is Cc1cncc(C(=O)N2CCN(C(c3cccc(F)c3)c3ccccc3S(C)=O)CC2)c1. The van der Waals surface area contributed by atoms with Crippen molar-refractivity contribution in [2.45, 2.75) is 17.9 Å². The zero-order chi connectivity index (χ0) is 22.7. The van der Waals surface area contributed by atoms with E-state index in [2.05, 4.69) is 9.88 Å². The fourth-order valence-corrected chi connectivity index (χ4v) is 5.05. The largest absolute Gasteiger partial charge is 0.336 e. The van der Waals surface area contributed by atoms with Crippen LogP contribution >= 0.6 is 0 Å². The van der Waals surface area contributed by atoms with Crippen LogP contribution in [-0.4, -0.2) is 57.3 Å². The van der Waals surface area contributed by atoms with Gasteiger partial charge in [0.1, 0.15) is 5.82 Å². The first kappa shape index (κ1) is 22.3. The van der Waals surface area contributed by atoms with Gasteiger partial charge in [-0.3, -0.25) is 18.9 Å². The fraction of sp³-hybridized carbons (Fsp3) is 0.280. The molecule has 3 aromatic rings. The first-order chi connectivity index (χ1) is 15.4. The average Bonchev–Trinajstić information content (AvgIpc) is 2.79. The van der Waals surface area contributed by atoms with E-state index < -0.39 is 10.8 Å². The summed E-state index contributed by atoms with van der Waals surface area (Å²) in [5.74, 6) is -0.332. The van der Waals surface area contributed by atoms with Crippen molar-refractivity contribution >= 4 is 16.7 Å². The summed E-state index contributed by atoms with van der Waals surface area (Å²) in [6.45, 7) is 4.26. The Labute approximate surface area is 190 Å². The van der Waals surface area contributed by atoms with E-state index in [0.717, 1.165) is 21.6 Å². The third-order valence-electron chi connectivity index (χ3n) is 5.78. The number of aromatic nitrogens is 1. The average molecular weight is 452 g/mol. The Hall–Kier alpha value is -2.90. The number of carbonyl (C=O) groups excluding carboxylic acids is 1. The van der Waals surface area contributed by atoms with E-state index in [-0.39, 0.29) is 17.8 Å². The summed E-state index contributed by atoms with van der Waals surface area (Å²) in [6, 6.07) is 15.8. The second kappa shape index (κ2) is 9.71. The summed E-state index contributed by atoms with van der Waals surface area (Å²) in [7, 11) is -1.18. The lowest BCUT2D eigenvalue weighted by molar-refractivity contribution is 0.0595. The monoisotopic (exact) mass is 451 g/mol. The maximum absolute atomic E-state index is 14.1. The second-order valence-electron chi connectivity index (χ2n) is 8.03. The molecule has 0 spiro atoms. The maximum Gasteiger partial charge on any atom is 0.255 e. The van der Waals surface area contributed by atoms with Gasteiger partial charge in [0.25, 0.3) is 5.91 Å². The number of hydrogen-bond acceptors (Lipinski definition) is 4. The number of benzene rings is 2. The Morgan fingerprint density at radius 2 is 1.78 bits per heavy atom. The molecule has 5 nitrogen and oxygen atoms in total. The molecule has 0 bridgehead atoms. The van der Waals surface area contributed by atoms with Crippen LogP contribution in [-0.2, 0) is 10.8 Å². The zero-order valence-corrected chi connectivity index (χ0v) is 19.0. The van der Waals surface area contributed by atoms with Crippen molar-refractivity contribution in [1.29, 1.82) is 0 Å². The first-order valence-corrected chi connectivity index (χ1v) is 12.1. The molecule has 2 heterocycles. The third-order valence-corrected chi connectivity index (χ3v) is 6.77. The number of rotatable bonds is 5. The Bertz CT molecular complexity index is 1150. The van der Waals surface area contributed by atoms with Crippen LogP contribution in [0.3, 0.4) is 0 Å². The van der Waals surface area contributed by atoms with Crippen molar-refractivity contribution in [3.8, 4) is 0 Å². The molecule has 166 valence electrons. The zero-order valence-electron chi connectivity index (χ0n) is 18.2. The molecule has 1 fully saturated rings. The van der Waals surface area contributed by atoms with E-state index in [1.54, 1.807) is 24.7 Å². The number of aryl methyl sites for hydroxylation is 1. The molecule has 2 unspecified atom stereocenters. The third kappa shape index (κ3) is 4.79. The van der Waals surface area contributed by atoms with Gasteiger partial charge in [-0.05, 0) is 47.9 Å². The lowest BCUT2D eigenvalue weighted by Gasteiger charge is -2.40.